The standard InChI is InChI=1S/C13H12N4O2/c1-8-3-4-10(18)9(7-8)13-15-11(16-19-13)12-14-5-6-17(12)2/h3-7,18H,1-2H3. The van der Waals surface area contributed by atoms with Crippen molar-refractivity contribution in [3.8, 4) is 28.9 Å². The zero-order valence-electron chi connectivity index (χ0n) is 10.5. The van der Waals surface area contributed by atoms with Gasteiger partial charge < -0.3 is 14.2 Å². The lowest BCUT2D eigenvalue weighted by atomic mass is 10.1. The molecule has 0 aliphatic rings. The van der Waals surface area contributed by atoms with Crippen LogP contribution in [0.4, 0.5) is 0 Å². The number of benzene rings is 1. The van der Waals surface area contributed by atoms with E-state index in [1.807, 2.05) is 20.0 Å². The number of imidazole rings is 1. The molecule has 6 nitrogen and oxygen atoms in total. The average molecular weight is 256 g/mol. The van der Waals surface area contributed by atoms with E-state index in [0.717, 1.165) is 5.56 Å². The first-order valence-corrected chi connectivity index (χ1v) is 5.76. The van der Waals surface area contributed by atoms with Gasteiger partial charge in [0.2, 0.25) is 5.82 Å². The second-order valence-electron chi connectivity index (χ2n) is 4.31. The predicted octanol–water partition coefficient (Wildman–Crippen LogP) is 2.15. The molecule has 0 amide bonds. The van der Waals surface area contributed by atoms with Gasteiger partial charge in [0.05, 0.1) is 5.56 Å². The van der Waals surface area contributed by atoms with Gasteiger partial charge in [-0.25, -0.2) is 4.98 Å². The first-order valence-electron chi connectivity index (χ1n) is 5.76. The minimum atomic E-state index is 0.112. The van der Waals surface area contributed by atoms with Crippen LogP contribution >= 0.6 is 0 Å². The number of nitrogens with zero attached hydrogens (tertiary/aromatic N) is 4. The third kappa shape index (κ3) is 1.97. The van der Waals surface area contributed by atoms with Crippen LogP contribution in [0.15, 0.2) is 35.1 Å². The normalized spacial score (nSPS) is 10.8. The van der Waals surface area contributed by atoms with Crippen molar-refractivity contribution in [1.82, 2.24) is 19.7 Å². The average Bonchev–Trinajstić information content (AvgIpc) is 3.00. The van der Waals surface area contributed by atoms with Crippen molar-refractivity contribution < 1.29 is 9.63 Å². The molecule has 1 aromatic carbocycles. The number of rotatable bonds is 2. The highest BCUT2D eigenvalue weighted by atomic mass is 16.5. The fourth-order valence-electron chi connectivity index (χ4n) is 1.83. The molecule has 0 radical (unpaired) electrons. The van der Waals surface area contributed by atoms with E-state index in [-0.39, 0.29) is 11.6 Å². The summed E-state index contributed by atoms with van der Waals surface area (Å²) >= 11 is 0. The summed E-state index contributed by atoms with van der Waals surface area (Å²) in [5.74, 6) is 1.39. The summed E-state index contributed by atoms with van der Waals surface area (Å²) in [7, 11) is 1.85. The first kappa shape index (κ1) is 11.5. The SMILES string of the molecule is Cc1ccc(O)c(-c2nc(-c3nccn3C)no2)c1. The molecule has 0 unspecified atom stereocenters. The van der Waals surface area contributed by atoms with E-state index in [1.54, 1.807) is 29.1 Å². The number of aromatic nitrogens is 4. The molecule has 6 heteroatoms. The van der Waals surface area contributed by atoms with Gasteiger partial charge in [-0.2, -0.15) is 4.98 Å². The quantitative estimate of drug-likeness (QED) is 0.760. The number of hydrogen-bond acceptors (Lipinski definition) is 5. The summed E-state index contributed by atoms with van der Waals surface area (Å²) in [4.78, 5) is 8.41. The molecular weight excluding hydrogens is 244 g/mol. The second kappa shape index (κ2) is 4.24. The first-order chi connectivity index (χ1) is 9.15. The van der Waals surface area contributed by atoms with Crippen LogP contribution in [0.25, 0.3) is 23.1 Å². The Labute approximate surface area is 109 Å². The fraction of sp³-hybridized carbons (Fsp3) is 0.154. The van der Waals surface area contributed by atoms with Crippen molar-refractivity contribution in [3.05, 3.63) is 36.2 Å². The zero-order valence-corrected chi connectivity index (χ0v) is 10.5. The van der Waals surface area contributed by atoms with Crippen LogP contribution in [0.5, 0.6) is 5.75 Å². The largest absolute Gasteiger partial charge is 0.507 e. The van der Waals surface area contributed by atoms with Crippen LogP contribution in [0.2, 0.25) is 0 Å². The maximum Gasteiger partial charge on any atom is 0.262 e. The molecule has 0 bridgehead atoms. The molecule has 3 aromatic rings. The molecule has 0 saturated carbocycles. The molecule has 2 aromatic heterocycles. The smallest absolute Gasteiger partial charge is 0.262 e. The van der Waals surface area contributed by atoms with Gasteiger partial charge in [-0.15, -0.1) is 0 Å². The van der Waals surface area contributed by atoms with E-state index in [0.29, 0.717) is 17.2 Å². The highest BCUT2D eigenvalue weighted by Gasteiger charge is 2.16. The van der Waals surface area contributed by atoms with Crippen molar-refractivity contribution >= 4 is 0 Å². The van der Waals surface area contributed by atoms with Gasteiger partial charge in [0.15, 0.2) is 5.82 Å². The Balaban J connectivity index is 2.06. The number of phenolic OH excluding ortho intramolecular Hbond substituents is 1. The van der Waals surface area contributed by atoms with Gasteiger partial charge in [-0.05, 0) is 19.1 Å². The molecule has 3 rings (SSSR count). The van der Waals surface area contributed by atoms with Crippen LogP contribution in [0.1, 0.15) is 5.56 Å². The molecule has 0 atom stereocenters. The highest BCUT2D eigenvalue weighted by molar-refractivity contribution is 5.64. The summed E-state index contributed by atoms with van der Waals surface area (Å²) in [6.07, 6.45) is 3.46. The van der Waals surface area contributed by atoms with Crippen LogP contribution in [-0.2, 0) is 7.05 Å². The van der Waals surface area contributed by atoms with E-state index in [1.165, 1.54) is 0 Å². The van der Waals surface area contributed by atoms with Crippen LogP contribution in [0, 0.1) is 6.92 Å². The molecule has 2 heterocycles. The second-order valence-corrected chi connectivity index (χ2v) is 4.31. The van der Waals surface area contributed by atoms with Crippen LogP contribution in [-0.4, -0.2) is 24.8 Å². The Hall–Kier alpha value is -2.63. The van der Waals surface area contributed by atoms with Crippen molar-refractivity contribution in [2.24, 2.45) is 7.05 Å². The van der Waals surface area contributed by atoms with Gasteiger partial charge in [0, 0.05) is 19.4 Å². The lowest BCUT2D eigenvalue weighted by Crippen LogP contribution is -1.92. The van der Waals surface area contributed by atoms with Gasteiger partial charge in [0.1, 0.15) is 5.75 Å². The molecule has 19 heavy (non-hydrogen) atoms. The van der Waals surface area contributed by atoms with Crippen LogP contribution < -0.4 is 0 Å². The predicted molar refractivity (Wildman–Crippen MR) is 68.3 cm³/mol. The summed E-state index contributed by atoms with van der Waals surface area (Å²) in [5.41, 5.74) is 1.53. The summed E-state index contributed by atoms with van der Waals surface area (Å²) in [6.45, 7) is 1.93. The molecule has 96 valence electrons. The van der Waals surface area contributed by atoms with Gasteiger partial charge in [-0.3, -0.25) is 0 Å². The third-order valence-electron chi connectivity index (χ3n) is 2.83. The minimum absolute atomic E-state index is 0.112. The summed E-state index contributed by atoms with van der Waals surface area (Å²) < 4.78 is 6.99. The van der Waals surface area contributed by atoms with Gasteiger partial charge in [0.25, 0.3) is 5.89 Å². The van der Waals surface area contributed by atoms with Crippen molar-refractivity contribution in [3.63, 3.8) is 0 Å². The Bertz CT molecular complexity index is 730. The monoisotopic (exact) mass is 256 g/mol. The Morgan fingerprint density at radius 2 is 2.16 bits per heavy atom. The van der Waals surface area contributed by atoms with Crippen molar-refractivity contribution in [2.45, 2.75) is 6.92 Å². The summed E-state index contributed by atoms with van der Waals surface area (Å²) in [5, 5.41) is 13.7. The fourth-order valence-corrected chi connectivity index (χ4v) is 1.83. The molecule has 0 fully saturated rings. The van der Waals surface area contributed by atoms with Crippen molar-refractivity contribution in [2.75, 3.05) is 0 Å². The topological polar surface area (TPSA) is 77.0 Å². The molecule has 0 spiro atoms. The number of aryl methyl sites for hydroxylation is 2. The number of hydrogen-bond donors (Lipinski definition) is 1. The molecule has 0 aliphatic carbocycles. The Morgan fingerprint density at radius 3 is 2.89 bits per heavy atom. The Morgan fingerprint density at radius 1 is 1.32 bits per heavy atom. The lowest BCUT2D eigenvalue weighted by molar-refractivity contribution is 0.425. The van der Waals surface area contributed by atoms with Gasteiger partial charge in [-0.1, -0.05) is 16.8 Å². The molecule has 0 aliphatic heterocycles. The molecular formula is C13H12N4O2. The number of aromatic hydroxyl groups is 1. The lowest BCUT2D eigenvalue weighted by Gasteiger charge is -2.00. The van der Waals surface area contributed by atoms with E-state index in [4.69, 9.17) is 4.52 Å². The summed E-state index contributed by atoms with van der Waals surface area (Å²) in [6, 6.07) is 5.22. The molecule has 0 saturated heterocycles. The van der Waals surface area contributed by atoms with Crippen LogP contribution in [0.3, 0.4) is 0 Å². The maximum atomic E-state index is 9.83. The maximum absolute atomic E-state index is 9.83. The van der Waals surface area contributed by atoms with Gasteiger partial charge >= 0.3 is 0 Å². The Kier molecular flexibility index (Phi) is 2.56. The van der Waals surface area contributed by atoms with E-state index < -0.39 is 0 Å². The van der Waals surface area contributed by atoms with E-state index >= 15 is 0 Å². The molecule has 1 N–H and O–H groups in total. The zero-order chi connectivity index (χ0) is 13.4. The highest BCUT2D eigenvalue weighted by Crippen LogP contribution is 2.29. The van der Waals surface area contributed by atoms with Crippen molar-refractivity contribution in [1.29, 1.82) is 0 Å². The minimum Gasteiger partial charge on any atom is -0.507 e. The van der Waals surface area contributed by atoms with E-state index in [9.17, 15) is 5.11 Å². The number of phenols is 1. The van der Waals surface area contributed by atoms with E-state index in [2.05, 4.69) is 15.1 Å². The third-order valence-corrected chi connectivity index (χ3v) is 2.83.